The summed E-state index contributed by atoms with van der Waals surface area (Å²) in [6.07, 6.45) is 1.52. The molecule has 0 bridgehead atoms. The maximum Gasteiger partial charge on any atom is 0.213 e. The highest BCUT2D eigenvalue weighted by Crippen LogP contribution is 2.14. The van der Waals surface area contributed by atoms with E-state index < -0.39 is 0 Å². The summed E-state index contributed by atoms with van der Waals surface area (Å²) in [5, 5.41) is 13.3. The van der Waals surface area contributed by atoms with Gasteiger partial charge in [-0.05, 0) is 34.9 Å². The third-order valence-electron chi connectivity index (χ3n) is 2.28. The smallest absolute Gasteiger partial charge is 0.213 e. The van der Waals surface area contributed by atoms with Crippen molar-refractivity contribution in [2.24, 2.45) is 7.05 Å². The van der Waals surface area contributed by atoms with Crippen molar-refractivity contribution in [1.82, 2.24) is 20.2 Å². The minimum Gasteiger partial charge on any atom is -0.289 e. The normalized spacial score (nSPS) is 11.0. The van der Waals surface area contributed by atoms with Crippen molar-refractivity contribution < 1.29 is 4.79 Å². The molecule has 6 heteroatoms. The highest BCUT2D eigenvalue weighted by atomic mass is 32.2. The molecule has 0 saturated carbocycles. The zero-order valence-corrected chi connectivity index (χ0v) is 10.9. The van der Waals surface area contributed by atoms with Gasteiger partial charge in [-0.15, -0.1) is 5.10 Å². The number of benzene rings is 1. The lowest BCUT2D eigenvalue weighted by Crippen LogP contribution is -1.94. The summed E-state index contributed by atoms with van der Waals surface area (Å²) in [6, 6.07) is 7.49. The van der Waals surface area contributed by atoms with Gasteiger partial charge in [-0.1, -0.05) is 35.5 Å². The number of ketones is 1. The molecule has 0 aliphatic carbocycles. The molecular weight excluding hydrogens is 248 g/mol. The van der Waals surface area contributed by atoms with E-state index in [1.165, 1.54) is 17.8 Å². The number of rotatable bonds is 4. The topological polar surface area (TPSA) is 60.7 Å². The van der Waals surface area contributed by atoms with Crippen molar-refractivity contribution in [3.05, 3.63) is 46.9 Å². The van der Waals surface area contributed by atoms with Crippen molar-refractivity contribution in [3.63, 3.8) is 0 Å². The molecule has 0 amide bonds. The second-order valence-corrected chi connectivity index (χ2v) is 4.61. The van der Waals surface area contributed by atoms with Crippen molar-refractivity contribution in [3.8, 4) is 0 Å². The molecular formula is C12H12N4OS. The van der Waals surface area contributed by atoms with Crippen LogP contribution in [0.1, 0.15) is 15.9 Å². The predicted octanol–water partition coefficient (Wildman–Crippen LogP) is 2.01. The van der Waals surface area contributed by atoms with Crippen LogP contribution in [0.3, 0.4) is 0 Å². The summed E-state index contributed by atoms with van der Waals surface area (Å²) in [4.78, 5) is 11.9. The number of hydrogen-bond acceptors (Lipinski definition) is 5. The molecule has 1 aromatic heterocycles. The van der Waals surface area contributed by atoms with Crippen molar-refractivity contribution in [2.75, 3.05) is 0 Å². The molecule has 2 rings (SSSR count). The van der Waals surface area contributed by atoms with Crippen LogP contribution in [0.25, 0.3) is 0 Å². The van der Waals surface area contributed by atoms with Gasteiger partial charge in [0.05, 0.1) is 0 Å². The molecule has 2 aromatic rings. The van der Waals surface area contributed by atoms with E-state index in [9.17, 15) is 4.79 Å². The Balaban J connectivity index is 2.02. The van der Waals surface area contributed by atoms with Crippen molar-refractivity contribution >= 4 is 17.5 Å². The molecule has 0 aliphatic heterocycles. The second-order valence-electron chi connectivity index (χ2n) is 3.74. The van der Waals surface area contributed by atoms with Crippen LogP contribution in [0.5, 0.6) is 0 Å². The van der Waals surface area contributed by atoms with Gasteiger partial charge < -0.3 is 0 Å². The highest BCUT2D eigenvalue weighted by molar-refractivity contribution is 8.02. The Morgan fingerprint density at radius 2 is 2.28 bits per heavy atom. The molecule has 0 aliphatic rings. The summed E-state index contributed by atoms with van der Waals surface area (Å²) in [7, 11) is 1.75. The first-order chi connectivity index (χ1) is 8.66. The van der Waals surface area contributed by atoms with E-state index in [0.717, 1.165) is 5.56 Å². The average molecular weight is 260 g/mol. The zero-order chi connectivity index (χ0) is 13.0. The summed E-state index contributed by atoms with van der Waals surface area (Å²) < 4.78 is 1.55. The van der Waals surface area contributed by atoms with E-state index in [1.54, 1.807) is 23.2 Å². The summed E-state index contributed by atoms with van der Waals surface area (Å²) in [5.41, 5.74) is 1.75. The Labute approximate surface area is 109 Å². The molecule has 5 nitrogen and oxygen atoms in total. The molecule has 0 saturated heterocycles. The van der Waals surface area contributed by atoms with Crippen molar-refractivity contribution in [1.29, 1.82) is 0 Å². The zero-order valence-electron chi connectivity index (χ0n) is 10.1. The first kappa shape index (κ1) is 12.5. The molecule has 0 spiro atoms. The number of aromatic nitrogens is 4. The SMILES string of the molecule is Cc1cccc(C(=O)C=CSc2nnnn2C)c1. The van der Waals surface area contributed by atoms with Gasteiger partial charge in [-0.3, -0.25) is 4.79 Å². The van der Waals surface area contributed by atoms with E-state index >= 15 is 0 Å². The first-order valence-corrected chi connectivity index (χ1v) is 6.21. The Morgan fingerprint density at radius 1 is 1.44 bits per heavy atom. The van der Waals surface area contributed by atoms with Gasteiger partial charge in [0.1, 0.15) is 0 Å². The van der Waals surface area contributed by atoms with Crippen LogP contribution in [0.4, 0.5) is 0 Å². The lowest BCUT2D eigenvalue weighted by molar-refractivity contribution is 0.104. The van der Waals surface area contributed by atoms with E-state index in [0.29, 0.717) is 10.7 Å². The summed E-state index contributed by atoms with van der Waals surface area (Å²) in [5.74, 6) is -0.0265. The van der Waals surface area contributed by atoms with Crippen LogP contribution in [0.15, 0.2) is 40.9 Å². The van der Waals surface area contributed by atoms with Gasteiger partial charge in [-0.25, -0.2) is 4.68 Å². The predicted molar refractivity (Wildman–Crippen MR) is 69.3 cm³/mol. The maximum absolute atomic E-state index is 11.9. The van der Waals surface area contributed by atoms with Gasteiger partial charge >= 0.3 is 0 Å². The van der Waals surface area contributed by atoms with Gasteiger partial charge in [0.25, 0.3) is 0 Å². The Morgan fingerprint density at radius 3 is 2.94 bits per heavy atom. The lowest BCUT2D eigenvalue weighted by Gasteiger charge is -1.97. The molecule has 0 fully saturated rings. The van der Waals surface area contributed by atoms with Crippen LogP contribution >= 0.6 is 11.8 Å². The monoisotopic (exact) mass is 260 g/mol. The fourth-order valence-corrected chi connectivity index (χ4v) is 1.96. The van der Waals surface area contributed by atoms with Crippen LogP contribution in [0, 0.1) is 6.92 Å². The van der Waals surface area contributed by atoms with Gasteiger partial charge in [0.15, 0.2) is 5.78 Å². The van der Waals surface area contributed by atoms with Gasteiger partial charge in [-0.2, -0.15) is 0 Å². The molecule has 92 valence electrons. The number of thioether (sulfide) groups is 1. The van der Waals surface area contributed by atoms with E-state index in [4.69, 9.17) is 0 Å². The Hall–Kier alpha value is -1.95. The molecule has 1 heterocycles. The van der Waals surface area contributed by atoms with Gasteiger partial charge in [0, 0.05) is 12.6 Å². The minimum absolute atomic E-state index is 0.0265. The summed E-state index contributed by atoms with van der Waals surface area (Å²) >= 11 is 1.31. The third kappa shape index (κ3) is 3.04. The van der Waals surface area contributed by atoms with E-state index in [2.05, 4.69) is 15.5 Å². The first-order valence-electron chi connectivity index (χ1n) is 5.33. The summed E-state index contributed by atoms with van der Waals surface area (Å²) in [6.45, 7) is 1.96. The fourth-order valence-electron chi connectivity index (χ4n) is 1.37. The Bertz CT molecular complexity index is 591. The number of tetrazole rings is 1. The molecule has 0 radical (unpaired) electrons. The molecule has 0 N–H and O–H groups in total. The average Bonchev–Trinajstić information content (AvgIpc) is 2.75. The second kappa shape index (κ2) is 5.59. The largest absolute Gasteiger partial charge is 0.289 e. The molecule has 18 heavy (non-hydrogen) atoms. The minimum atomic E-state index is -0.0265. The number of carbonyl (C=O) groups excluding carboxylic acids is 1. The van der Waals surface area contributed by atoms with Crippen LogP contribution < -0.4 is 0 Å². The fraction of sp³-hybridized carbons (Fsp3) is 0.167. The van der Waals surface area contributed by atoms with Crippen LogP contribution in [-0.2, 0) is 7.05 Å². The lowest BCUT2D eigenvalue weighted by atomic mass is 10.1. The molecule has 1 aromatic carbocycles. The van der Waals surface area contributed by atoms with Crippen LogP contribution in [0.2, 0.25) is 0 Å². The number of nitrogens with zero attached hydrogens (tertiary/aromatic N) is 4. The third-order valence-corrected chi connectivity index (χ3v) is 3.11. The van der Waals surface area contributed by atoms with Crippen LogP contribution in [-0.4, -0.2) is 26.0 Å². The van der Waals surface area contributed by atoms with Gasteiger partial charge in [0.2, 0.25) is 5.16 Å². The molecule has 0 atom stereocenters. The number of allylic oxidation sites excluding steroid dienone is 1. The Kier molecular flexibility index (Phi) is 3.88. The van der Waals surface area contributed by atoms with Crippen molar-refractivity contribution in [2.45, 2.75) is 12.1 Å². The van der Waals surface area contributed by atoms with E-state index in [-0.39, 0.29) is 5.78 Å². The van der Waals surface area contributed by atoms with E-state index in [1.807, 2.05) is 25.1 Å². The highest BCUT2D eigenvalue weighted by Gasteiger charge is 2.03. The standard InChI is InChI=1S/C12H12N4OS/c1-9-4-3-5-10(8-9)11(17)6-7-18-12-13-14-15-16(12)2/h3-8H,1-2H3. The number of hydrogen-bond donors (Lipinski definition) is 0. The molecule has 0 unspecified atom stereocenters. The maximum atomic E-state index is 11.9. The number of aryl methyl sites for hydroxylation is 2. The number of carbonyl (C=O) groups is 1. The quantitative estimate of drug-likeness (QED) is 0.478.